The van der Waals surface area contributed by atoms with Crippen molar-refractivity contribution in [3.63, 3.8) is 0 Å². The van der Waals surface area contributed by atoms with Crippen molar-refractivity contribution in [2.75, 3.05) is 26.1 Å². The summed E-state index contributed by atoms with van der Waals surface area (Å²) in [5.74, 6) is -2.97. The van der Waals surface area contributed by atoms with Crippen molar-refractivity contribution in [3.8, 4) is 5.75 Å². The first kappa shape index (κ1) is 8.49. The molecule has 1 N–H and O–H groups in total. The van der Waals surface area contributed by atoms with Crippen molar-refractivity contribution >= 4 is 27.5 Å². The molecule has 0 aromatic carbocycles. The molecule has 0 spiro atoms. The van der Waals surface area contributed by atoms with Gasteiger partial charge in [0.2, 0.25) is 0 Å². The van der Waals surface area contributed by atoms with Gasteiger partial charge < -0.3 is 15.3 Å². The van der Waals surface area contributed by atoms with Crippen molar-refractivity contribution in [1.82, 2.24) is 14.8 Å². The Kier molecular flexibility index (Phi) is 3.31. The van der Waals surface area contributed by atoms with Crippen LogP contribution in [0.3, 0.4) is 0 Å². The molecule has 1 saturated heterocycles. The molecule has 0 radical (unpaired) electrons. The molecule has 0 atom stereocenters. The molecule has 3 heterocycles. The summed E-state index contributed by atoms with van der Waals surface area (Å²) in [4.78, 5) is 26.2. The molecule has 1 aliphatic heterocycles. The van der Waals surface area contributed by atoms with Crippen molar-refractivity contribution in [1.29, 1.82) is 0 Å². The standard InChI is InChI=1S/C19H27N3O3S.K/c1-13(2)22-18(25)15(16(23)14-7-12-26-19(14)22)17(24)20-8-6-11-21-9-4-3-5-10-21;/h7,12-13,23H,3-6,8-11H2,1-2H3,(H,20,24);/q;+1/p-1/i1D3,2D3,3D2,4D2,5D2,9D2,10D2,13D;/hD. The zero-order valence-electron chi connectivity index (χ0n) is 32.3. The smallest absolute Gasteiger partial charge is 0.871 e. The second-order valence-corrected chi connectivity index (χ2v) is 6.02. The number of likely N-dealkylation sites (tertiary alicyclic amines) is 1. The number of hydrogen-bond acceptors (Lipinski definition) is 5. The summed E-state index contributed by atoms with van der Waals surface area (Å²) < 4.78 is 143. The molecule has 3 rings (SSSR count). The third-order valence-corrected chi connectivity index (χ3v) is 4.37. The number of pyridine rings is 1. The molecule has 8 heteroatoms. The van der Waals surface area contributed by atoms with Crippen LogP contribution in [0.2, 0.25) is 1.41 Å². The Morgan fingerprint density at radius 1 is 1.48 bits per heavy atom. The van der Waals surface area contributed by atoms with E-state index < -0.39 is 104 Å². The van der Waals surface area contributed by atoms with Gasteiger partial charge in [-0.25, -0.2) is 0 Å². The third-order valence-electron chi connectivity index (χ3n) is 3.48. The average Bonchev–Trinajstić information content (AvgIpc) is 3.33. The molecule has 0 aliphatic carbocycles. The van der Waals surface area contributed by atoms with E-state index in [2.05, 4.69) is 0 Å². The van der Waals surface area contributed by atoms with Crippen molar-refractivity contribution in [3.05, 3.63) is 27.4 Å². The van der Waals surface area contributed by atoms with E-state index in [1.54, 1.807) is 0 Å². The molecule has 27 heavy (non-hydrogen) atoms. The van der Waals surface area contributed by atoms with Crippen LogP contribution in [0.4, 0.5) is 0 Å². The number of carbonyl (C=O) groups excluding carboxylic acids is 1. The van der Waals surface area contributed by atoms with Crippen LogP contribution in [-0.4, -0.2) is 41.5 Å². The normalized spacial score (nSPS) is 35.6. The van der Waals surface area contributed by atoms with Crippen LogP contribution in [0.25, 0.3) is 10.2 Å². The molecule has 1 fully saturated rings. The van der Waals surface area contributed by atoms with Gasteiger partial charge in [-0.15, -0.1) is 11.3 Å². The Labute approximate surface area is 231 Å². The van der Waals surface area contributed by atoms with E-state index in [1.807, 2.05) is 0 Å². The summed E-state index contributed by atoms with van der Waals surface area (Å²) in [6.45, 7) is -16.0. The van der Waals surface area contributed by atoms with E-state index >= 15 is 0 Å². The van der Waals surface area contributed by atoms with Crippen LogP contribution in [-0.2, 0) is 0 Å². The monoisotopic (exact) mass is 433 g/mol. The molecule has 0 saturated carbocycles. The van der Waals surface area contributed by atoms with Gasteiger partial charge in [0.15, 0.2) is 1.41 Å². The molecule has 2 aromatic heterocycles. The van der Waals surface area contributed by atoms with Gasteiger partial charge in [0.25, 0.3) is 11.5 Å². The minimum atomic E-state index is -3.69. The molecular weight excluding hydrogens is 389 g/mol. The van der Waals surface area contributed by atoms with Gasteiger partial charge >= 0.3 is 51.4 Å². The van der Waals surface area contributed by atoms with Gasteiger partial charge in [-0.1, -0.05) is 12.1 Å². The molecule has 2 aromatic rings. The van der Waals surface area contributed by atoms with E-state index in [-0.39, 0.29) is 66.2 Å². The maximum Gasteiger partial charge on any atom is 1.00 e. The number of aromatic nitrogens is 1. The predicted octanol–water partition coefficient (Wildman–Crippen LogP) is -0.673. The summed E-state index contributed by atoms with van der Waals surface area (Å²) in [5.41, 5.74) is -3.15. The third kappa shape index (κ3) is 5.23. The van der Waals surface area contributed by atoms with Gasteiger partial charge in [0.1, 0.15) is 4.83 Å². The van der Waals surface area contributed by atoms with E-state index in [1.165, 1.54) is 5.38 Å². The number of nitrogens with zero attached hydrogens (tertiary/aromatic N) is 2. The number of thiophene rings is 1. The Hall–Kier alpha value is -0.224. The minimum Gasteiger partial charge on any atom is -0.871 e. The average molecular weight is 434 g/mol. The van der Waals surface area contributed by atoms with Crippen LogP contribution in [0.1, 0.15) is 78.9 Å². The summed E-state index contributed by atoms with van der Waals surface area (Å²) in [7, 11) is 0. The van der Waals surface area contributed by atoms with Crippen molar-refractivity contribution < 1.29 is 86.0 Å². The predicted molar refractivity (Wildman–Crippen MR) is 103 cm³/mol. The van der Waals surface area contributed by atoms with Gasteiger partial charge in [-0.2, -0.15) is 0 Å². The zero-order valence-corrected chi connectivity index (χ0v) is 18.2. The molecule has 6 nitrogen and oxygen atoms in total. The Bertz CT molecular complexity index is 1470. The number of rotatable bonds is 6. The minimum absolute atomic E-state index is 0. The van der Waals surface area contributed by atoms with Crippen molar-refractivity contribution in [2.24, 2.45) is 0 Å². The summed E-state index contributed by atoms with van der Waals surface area (Å²) in [6, 6.07) is -2.62. The molecule has 1 amide bonds. The van der Waals surface area contributed by atoms with Gasteiger partial charge in [-0.05, 0) is 63.9 Å². The SMILES string of the molecule is [2H]N(CCCN1C([2H])([2H])C([2H])([2H])C([2H])([2H])C([2H])([2H])C1([2H])[2H])C(=O)c1c([O-])c2ccsc2n(C([2H])(C([2H])([2H])[2H])C([2H])([2H])[2H])c1=O.[K+]. The maximum absolute atomic E-state index is 13.5. The van der Waals surface area contributed by atoms with Crippen molar-refractivity contribution in [2.45, 2.75) is 45.3 Å². The Morgan fingerprint density at radius 2 is 2.22 bits per heavy atom. The number of piperidine rings is 1. The zero-order chi connectivity index (χ0) is 34.4. The molecule has 1 aliphatic rings. The summed E-state index contributed by atoms with van der Waals surface area (Å²) in [5, 5.41) is 13.8. The largest absolute Gasteiger partial charge is 1.00 e. The number of amides is 1. The first-order valence-corrected chi connectivity index (χ1v) is 8.28. The second-order valence-electron chi connectivity index (χ2n) is 5.12. The quantitative estimate of drug-likeness (QED) is 0.613. The molecule has 0 bridgehead atoms. The summed E-state index contributed by atoms with van der Waals surface area (Å²) in [6.07, 6.45) is -11.5. The number of nitrogens with one attached hydrogen (secondary N) is 1. The van der Waals surface area contributed by atoms with Gasteiger partial charge in [-0.3, -0.25) is 14.2 Å². The fraction of sp³-hybridized carbons (Fsp3) is 0.579. The Morgan fingerprint density at radius 3 is 2.93 bits per heavy atom. The van der Waals surface area contributed by atoms with E-state index in [0.29, 0.717) is 11.3 Å². The molecule has 0 unspecified atom stereocenters. The van der Waals surface area contributed by atoms with E-state index in [0.717, 1.165) is 6.07 Å². The fourth-order valence-electron chi connectivity index (χ4n) is 2.33. The molecular formula is C19H26KN3O3S. The van der Waals surface area contributed by atoms with Crippen LogP contribution in [0, 0.1) is 0 Å². The number of carbonyl (C=O) groups is 1. The molecule has 142 valence electrons. The van der Waals surface area contributed by atoms with Crippen LogP contribution < -0.4 is 67.4 Å². The Balaban J connectivity index is 0.00000705. The van der Waals surface area contributed by atoms with Crippen LogP contribution in [0.15, 0.2) is 16.2 Å². The fourth-order valence-corrected chi connectivity index (χ4v) is 3.23. The topological polar surface area (TPSA) is 77.4 Å². The first-order valence-electron chi connectivity index (χ1n) is 16.3. The van der Waals surface area contributed by atoms with Gasteiger partial charge in [0, 0.05) is 39.9 Å². The maximum atomic E-state index is 13.5. The number of hydrogen-bond donors (Lipinski definition) is 1. The second kappa shape index (κ2) is 10.5. The van der Waals surface area contributed by atoms with Gasteiger partial charge in [0.05, 0.1) is 6.93 Å². The first-order chi connectivity index (χ1) is 19.5. The number of fused-ring (bicyclic) bond motifs is 1. The van der Waals surface area contributed by atoms with Crippen LogP contribution >= 0.6 is 11.3 Å². The van der Waals surface area contributed by atoms with E-state index in [4.69, 9.17) is 24.7 Å². The summed E-state index contributed by atoms with van der Waals surface area (Å²) >= 11 is 0.566. The van der Waals surface area contributed by atoms with Crippen LogP contribution in [0.5, 0.6) is 5.75 Å². The van der Waals surface area contributed by atoms with E-state index in [9.17, 15) is 14.7 Å².